The maximum atomic E-state index is 12.5. The van der Waals surface area contributed by atoms with Crippen LogP contribution in [0.2, 0.25) is 0 Å². The van der Waals surface area contributed by atoms with Crippen LogP contribution in [0.15, 0.2) is 37.0 Å². The Kier molecular flexibility index (Phi) is 11.3. The number of thioether (sulfide) groups is 1. The first-order valence-electron chi connectivity index (χ1n) is 9.31. The number of carbonyl (C=O) groups excluding carboxylic acids is 3. The molecule has 7 nitrogen and oxygen atoms in total. The Morgan fingerprint density at radius 1 is 1.29 bits per heavy atom. The molecule has 0 bridgehead atoms. The molecule has 28 heavy (non-hydrogen) atoms. The molecular weight excluding hydrogens is 380 g/mol. The van der Waals surface area contributed by atoms with E-state index in [1.54, 1.807) is 30.8 Å². The molecule has 0 aliphatic carbocycles. The van der Waals surface area contributed by atoms with Crippen LogP contribution in [0.3, 0.4) is 0 Å². The summed E-state index contributed by atoms with van der Waals surface area (Å²) in [7, 11) is 0. The summed E-state index contributed by atoms with van der Waals surface area (Å²) in [4.78, 5) is 36.3. The number of nitrogens with one attached hydrogen (secondary N) is 2. The lowest BCUT2D eigenvalue weighted by Gasteiger charge is -2.17. The zero-order chi connectivity index (χ0) is 20.9. The van der Waals surface area contributed by atoms with Crippen molar-refractivity contribution in [2.45, 2.75) is 44.4 Å². The average Bonchev–Trinajstić information content (AvgIpc) is 3.48. The van der Waals surface area contributed by atoms with Crippen LogP contribution in [0.4, 0.5) is 0 Å². The van der Waals surface area contributed by atoms with E-state index in [0.29, 0.717) is 18.7 Å². The van der Waals surface area contributed by atoms with Gasteiger partial charge in [0.15, 0.2) is 12.2 Å². The van der Waals surface area contributed by atoms with E-state index in [4.69, 9.17) is 9.47 Å². The number of ether oxygens (including phenoxy) is 2. The van der Waals surface area contributed by atoms with Gasteiger partial charge in [-0.3, -0.25) is 9.59 Å². The predicted molar refractivity (Wildman–Crippen MR) is 111 cm³/mol. The standard InChI is InChI=1S/C20H30N2O5S/c1-5-9-14(6-2)10-8-12-21-18(23)15(11-13-28-4)22-19(24)16-17(27-16)20(25)26-7-3/h5-6,9,15-17H,1-2,7-8,10-13H2,3-4H3,(H,21,23)(H,22,24)/b14-9+/t15-,16-,17?/m0/s1. The zero-order valence-corrected chi connectivity index (χ0v) is 17.4. The van der Waals surface area contributed by atoms with Gasteiger partial charge in [0.1, 0.15) is 6.04 Å². The van der Waals surface area contributed by atoms with E-state index in [-0.39, 0.29) is 12.5 Å². The smallest absolute Gasteiger partial charge is 0.338 e. The molecule has 0 aromatic carbocycles. The maximum Gasteiger partial charge on any atom is 0.338 e. The quantitative estimate of drug-likeness (QED) is 0.196. The lowest BCUT2D eigenvalue weighted by atomic mass is 10.1. The molecule has 1 aliphatic heterocycles. The Balaban J connectivity index is 2.48. The van der Waals surface area contributed by atoms with Crippen molar-refractivity contribution in [3.05, 3.63) is 37.0 Å². The van der Waals surface area contributed by atoms with Gasteiger partial charge in [-0.1, -0.05) is 31.4 Å². The molecule has 0 aromatic rings. The van der Waals surface area contributed by atoms with Crippen molar-refractivity contribution >= 4 is 29.5 Å². The molecule has 156 valence electrons. The molecule has 1 fully saturated rings. The molecule has 0 radical (unpaired) electrons. The number of esters is 1. The van der Waals surface area contributed by atoms with Crippen LogP contribution in [-0.2, 0) is 23.9 Å². The maximum absolute atomic E-state index is 12.5. The molecule has 0 saturated carbocycles. The van der Waals surface area contributed by atoms with Crippen molar-refractivity contribution in [2.24, 2.45) is 0 Å². The summed E-state index contributed by atoms with van der Waals surface area (Å²) in [6.07, 6.45) is 7.52. The minimum Gasteiger partial charge on any atom is -0.464 e. The highest BCUT2D eigenvalue weighted by Gasteiger charge is 2.52. The second-order valence-corrected chi connectivity index (χ2v) is 7.13. The van der Waals surface area contributed by atoms with Crippen molar-refractivity contribution in [3.8, 4) is 0 Å². The molecular formula is C20H30N2O5S. The number of epoxide rings is 1. The molecule has 0 spiro atoms. The van der Waals surface area contributed by atoms with Gasteiger partial charge in [-0.05, 0) is 43.8 Å². The van der Waals surface area contributed by atoms with Gasteiger partial charge in [0, 0.05) is 6.54 Å². The van der Waals surface area contributed by atoms with Gasteiger partial charge in [0.05, 0.1) is 6.61 Å². The fourth-order valence-electron chi connectivity index (χ4n) is 2.51. The fraction of sp³-hybridized carbons (Fsp3) is 0.550. The predicted octanol–water partition coefficient (Wildman–Crippen LogP) is 1.75. The highest BCUT2D eigenvalue weighted by molar-refractivity contribution is 7.98. The number of allylic oxidation sites excluding steroid dienone is 4. The fourth-order valence-corrected chi connectivity index (χ4v) is 2.98. The molecule has 0 aromatic heterocycles. The van der Waals surface area contributed by atoms with E-state index in [2.05, 4.69) is 23.8 Å². The molecule has 8 heteroatoms. The second kappa shape index (κ2) is 13.2. The van der Waals surface area contributed by atoms with Crippen molar-refractivity contribution < 1.29 is 23.9 Å². The number of amides is 2. The largest absolute Gasteiger partial charge is 0.464 e. The van der Waals surface area contributed by atoms with Crippen LogP contribution >= 0.6 is 11.8 Å². The highest BCUT2D eigenvalue weighted by Crippen LogP contribution is 2.24. The summed E-state index contributed by atoms with van der Waals surface area (Å²) in [5, 5.41) is 5.53. The van der Waals surface area contributed by atoms with E-state index in [1.807, 2.05) is 12.3 Å². The summed E-state index contributed by atoms with van der Waals surface area (Å²) in [5.74, 6) is -0.558. The van der Waals surface area contributed by atoms with Gasteiger partial charge in [0.25, 0.3) is 5.91 Å². The van der Waals surface area contributed by atoms with E-state index in [1.165, 1.54) is 0 Å². The second-order valence-electron chi connectivity index (χ2n) is 6.15. The molecule has 1 unspecified atom stereocenters. The third-order valence-corrected chi connectivity index (χ3v) is 4.69. The lowest BCUT2D eigenvalue weighted by molar-refractivity contribution is -0.144. The number of rotatable bonds is 14. The minimum absolute atomic E-state index is 0.224. The van der Waals surface area contributed by atoms with Crippen LogP contribution in [0.1, 0.15) is 26.2 Å². The number of hydrogen-bond donors (Lipinski definition) is 2. The van der Waals surface area contributed by atoms with Gasteiger partial charge < -0.3 is 20.1 Å². The molecule has 1 aliphatic rings. The lowest BCUT2D eigenvalue weighted by Crippen LogP contribution is -2.49. The molecule has 1 heterocycles. The van der Waals surface area contributed by atoms with E-state index >= 15 is 0 Å². The van der Waals surface area contributed by atoms with E-state index in [0.717, 1.165) is 18.4 Å². The summed E-state index contributed by atoms with van der Waals surface area (Å²) < 4.78 is 9.92. The summed E-state index contributed by atoms with van der Waals surface area (Å²) in [5.41, 5.74) is 1.05. The van der Waals surface area contributed by atoms with E-state index in [9.17, 15) is 14.4 Å². The van der Waals surface area contributed by atoms with Crippen molar-refractivity contribution in [3.63, 3.8) is 0 Å². The Hall–Kier alpha value is -2.06. The Labute approximate surface area is 171 Å². The summed E-state index contributed by atoms with van der Waals surface area (Å²) >= 11 is 1.59. The summed E-state index contributed by atoms with van der Waals surface area (Å²) in [6, 6.07) is -0.672. The third-order valence-electron chi connectivity index (χ3n) is 4.05. The molecule has 2 N–H and O–H groups in total. The first kappa shape index (κ1) is 24.0. The zero-order valence-electron chi connectivity index (χ0n) is 16.6. The Morgan fingerprint density at radius 2 is 2.04 bits per heavy atom. The first-order valence-corrected chi connectivity index (χ1v) is 10.7. The van der Waals surface area contributed by atoms with Gasteiger partial charge >= 0.3 is 5.97 Å². The van der Waals surface area contributed by atoms with Crippen LogP contribution in [0.5, 0.6) is 0 Å². The van der Waals surface area contributed by atoms with Gasteiger partial charge in [0.2, 0.25) is 5.91 Å². The Morgan fingerprint density at radius 3 is 2.64 bits per heavy atom. The SMILES string of the molecule is C=C/C=C(\C=C)CCCNC(=O)[C@H](CCSC)NC(=O)[C@H]1OC1C(=O)OCC. The van der Waals surface area contributed by atoms with Crippen LogP contribution in [0, 0.1) is 0 Å². The minimum atomic E-state index is -0.886. The van der Waals surface area contributed by atoms with Crippen LogP contribution in [0.25, 0.3) is 0 Å². The van der Waals surface area contributed by atoms with Crippen molar-refractivity contribution in [2.75, 3.05) is 25.2 Å². The van der Waals surface area contributed by atoms with Crippen molar-refractivity contribution in [1.82, 2.24) is 10.6 Å². The Bertz CT molecular complexity index is 605. The van der Waals surface area contributed by atoms with Crippen molar-refractivity contribution in [1.29, 1.82) is 0 Å². The monoisotopic (exact) mass is 410 g/mol. The van der Waals surface area contributed by atoms with Crippen LogP contribution in [-0.4, -0.2) is 61.2 Å². The van der Waals surface area contributed by atoms with E-state index < -0.39 is 30.1 Å². The molecule has 2 amide bonds. The average molecular weight is 411 g/mol. The number of carbonyl (C=O) groups is 3. The van der Waals surface area contributed by atoms with Gasteiger partial charge in [-0.2, -0.15) is 11.8 Å². The van der Waals surface area contributed by atoms with Crippen LogP contribution < -0.4 is 10.6 Å². The normalized spacial score (nSPS) is 19.3. The molecule has 1 rings (SSSR count). The third kappa shape index (κ3) is 8.31. The molecule has 3 atom stereocenters. The topological polar surface area (TPSA) is 97.0 Å². The first-order chi connectivity index (χ1) is 13.5. The van der Waals surface area contributed by atoms with Gasteiger partial charge in [-0.15, -0.1) is 0 Å². The summed E-state index contributed by atoms with van der Waals surface area (Å²) in [6.45, 7) is 9.79. The number of hydrogen-bond acceptors (Lipinski definition) is 6. The highest BCUT2D eigenvalue weighted by atomic mass is 32.2. The van der Waals surface area contributed by atoms with Gasteiger partial charge in [-0.25, -0.2) is 4.79 Å². The molecule has 1 saturated heterocycles.